The van der Waals surface area contributed by atoms with Crippen molar-refractivity contribution in [3.63, 3.8) is 0 Å². The van der Waals surface area contributed by atoms with E-state index in [9.17, 15) is 0 Å². The summed E-state index contributed by atoms with van der Waals surface area (Å²) < 4.78 is 6.30. The van der Waals surface area contributed by atoms with Gasteiger partial charge in [-0.15, -0.1) is 0 Å². The largest absolute Gasteiger partial charge is 0.456 e. The van der Waals surface area contributed by atoms with Crippen molar-refractivity contribution in [3.05, 3.63) is 236 Å². The number of rotatable bonds is 7. The molecule has 0 atom stereocenters. The maximum Gasteiger partial charge on any atom is 0.136 e. The minimum atomic E-state index is -0.0627. The zero-order valence-electron chi connectivity index (χ0n) is 35.2. The van der Waals surface area contributed by atoms with Gasteiger partial charge in [0.25, 0.3) is 0 Å². The Kier molecular flexibility index (Phi) is 8.55. The molecule has 2 nitrogen and oxygen atoms in total. The molecule has 0 saturated heterocycles. The number of anilines is 3. The Bertz CT molecular complexity index is 3520. The zero-order chi connectivity index (χ0) is 42.1. The number of para-hydroxylation sites is 2. The predicted molar refractivity (Wildman–Crippen MR) is 265 cm³/mol. The van der Waals surface area contributed by atoms with E-state index in [0.29, 0.717) is 0 Å². The Balaban J connectivity index is 1.03. The normalized spacial score (nSPS) is 12.7. The predicted octanol–water partition coefficient (Wildman–Crippen LogP) is 17.2. The highest BCUT2D eigenvalue weighted by molar-refractivity contribution is 6.13. The van der Waals surface area contributed by atoms with Crippen LogP contribution in [0.5, 0.6) is 0 Å². The molecule has 0 radical (unpaired) electrons. The van der Waals surface area contributed by atoms with Gasteiger partial charge in [-0.25, -0.2) is 0 Å². The Hall–Kier alpha value is -7.94. The van der Waals surface area contributed by atoms with Crippen LogP contribution in [0.1, 0.15) is 25.0 Å². The summed E-state index contributed by atoms with van der Waals surface area (Å²) >= 11 is 0. The van der Waals surface area contributed by atoms with Gasteiger partial charge in [0.15, 0.2) is 0 Å². The molecule has 0 spiro atoms. The molecule has 298 valence electrons. The smallest absolute Gasteiger partial charge is 0.136 e. The second kappa shape index (κ2) is 14.6. The van der Waals surface area contributed by atoms with E-state index < -0.39 is 0 Å². The number of hydrogen-bond donors (Lipinski definition) is 0. The van der Waals surface area contributed by atoms with E-state index in [1.807, 2.05) is 12.1 Å². The van der Waals surface area contributed by atoms with Crippen LogP contribution >= 0.6 is 0 Å². The molecule has 1 heterocycles. The van der Waals surface area contributed by atoms with Gasteiger partial charge in [-0.1, -0.05) is 196 Å². The minimum absolute atomic E-state index is 0.0627. The Morgan fingerprint density at radius 1 is 0.349 bits per heavy atom. The van der Waals surface area contributed by atoms with Gasteiger partial charge in [0.05, 0.1) is 5.69 Å². The van der Waals surface area contributed by atoms with Gasteiger partial charge in [0.1, 0.15) is 11.2 Å². The average Bonchev–Trinajstić information content (AvgIpc) is 3.84. The van der Waals surface area contributed by atoms with Crippen molar-refractivity contribution in [3.8, 4) is 55.6 Å². The van der Waals surface area contributed by atoms with Crippen LogP contribution in [-0.4, -0.2) is 0 Å². The number of fused-ring (bicyclic) bond motifs is 7. The number of hydrogen-bond acceptors (Lipinski definition) is 2. The fourth-order valence-electron chi connectivity index (χ4n) is 10.3. The quantitative estimate of drug-likeness (QED) is 0.160. The maximum absolute atomic E-state index is 6.30. The SMILES string of the molecule is CC1(C)c2ccccc2-c2c(-c3ccc(N(c4ccc(-c5cccc6oc7ccccc7c56)cc4)c4ccccc4-c4cccc5cccc(-c6ccccc6)c45)cc3)cccc21. The highest BCUT2D eigenvalue weighted by Gasteiger charge is 2.36. The lowest BCUT2D eigenvalue weighted by atomic mass is 9.82. The first-order chi connectivity index (χ1) is 31.0. The summed E-state index contributed by atoms with van der Waals surface area (Å²) in [4.78, 5) is 2.43. The number of benzene rings is 10. The second-order valence-corrected chi connectivity index (χ2v) is 17.2. The molecular weight excluding hydrogens is 763 g/mol. The van der Waals surface area contributed by atoms with E-state index >= 15 is 0 Å². The summed E-state index contributed by atoms with van der Waals surface area (Å²) in [5, 5.41) is 4.72. The van der Waals surface area contributed by atoms with Crippen molar-refractivity contribution >= 4 is 49.8 Å². The molecule has 0 unspecified atom stereocenters. The Labute approximate surface area is 368 Å². The molecule has 0 bridgehead atoms. The number of nitrogens with zero attached hydrogens (tertiary/aromatic N) is 1. The van der Waals surface area contributed by atoms with Crippen LogP contribution in [0.25, 0.3) is 88.3 Å². The lowest BCUT2D eigenvalue weighted by molar-refractivity contribution is 0.660. The molecule has 0 N–H and O–H groups in total. The van der Waals surface area contributed by atoms with Crippen molar-refractivity contribution in [2.24, 2.45) is 0 Å². The van der Waals surface area contributed by atoms with E-state index in [4.69, 9.17) is 4.42 Å². The molecule has 1 aromatic heterocycles. The fourth-order valence-corrected chi connectivity index (χ4v) is 10.3. The third kappa shape index (κ3) is 5.94. The number of furan rings is 1. The van der Waals surface area contributed by atoms with Crippen LogP contribution in [0.2, 0.25) is 0 Å². The summed E-state index contributed by atoms with van der Waals surface area (Å²) in [5.41, 5.74) is 20.0. The summed E-state index contributed by atoms with van der Waals surface area (Å²) in [5.74, 6) is 0. The van der Waals surface area contributed by atoms with E-state index in [1.54, 1.807) is 0 Å². The van der Waals surface area contributed by atoms with Gasteiger partial charge >= 0.3 is 0 Å². The third-order valence-corrected chi connectivity index (χ3v) is 13.3. The lowest BCUT2D eigenvalue weighted by Crippen LogP contribution is -2.14. The molecule has 10 aromatic carbocycles. The van der Waals surface area contributed by atoms with Crippen molar-refractivity contribution in [2.75, 3.05) is 4.90 Å². The molecule has 1 aliphatic rings. The van der Waals surface area contributed by atoms with Crippen LogP contribution in [0.3, 0.4) is 0 Å². The van der Waals surface area contributed by atoms with Crippen LogP contribution in [0.4, 0.5) is 17.1 Å². The molecule has 2 heteroatoms. The topological polar surface area (TPSA) is 16.4 Å². The first-order valence-corrected chi connectivity index (χ1v) is 21.8. The molecule has 63 heavy (non-hydrogen) atoms. The summed E-state index contributed by atoms with van der Waals surface area (Å²) in [6.45, 7) is 4.70. The van der Waals surface area contributed by atoms with Crippen molar-refractivity contribution in [2.45, 2.75) is 19.3 Å². The van der Waals surface area contributed by atoms with Gasteiger partial charge in [-0.3, -0.25) is 0 Å². The standard InChI is InChI=1S/C61H43NO/c1-61(2)53-27-9-6-21-51(53)59-47(24-14-28-54(59)61)41-32-36-44(37-33-41)62(45-38-34-42(35-39-45)48-25-15-31-57-60(48)52-22-8-11-30-56(52)63-57)55-29-10-7-20-49(55)50-26-13-19-43-18-12-23-46(58(43)50)40-16-4-3-5-17-40/h3-39H,1-2H3. The van der Waals surface area contributed by atoms with Crippen LogP contribution in [0, 0.1) is 0 Å². The highest BCUT2D eigenvalue weighted by atomic mass is 16.3. The first-order valence-electron chi connectivity index (χ1n) is 21.8. The average molecular weight is 806 g/mol. The van der Waals surface area contributed by atoms with E-state index in [0.717, 1.165) is 55.7 Å². The third-order valence-electron chi connectivity index (χ3n) is 13.3. The summed E-state index contributed by atoms with van der Waals surface area (Å²) in [7, 11) is 0. The van der Waals surface area contributed by atoms with Gasteiger partial charge < -0.3 is 9.32 Å². The molecule has 0 amide bonds. The van der Waals surface area contributed by atoms with Gasteiger partial charge in [-0.05, 0) is 114 Å². The van der Waals surface area contributed by atoms with Crippen LogP contribution < -0.4 is 4.90 Å². The molecule has 0 fully saturated rings. The Morgan fingerprint density at radius 3 is 1.62 bits per heavy atom. The van der Waals surface area contributed by atoms with Crippen LogP contribution in [-0.2, 0) is 5.41 Å². The van der Waals surface area contributed by atoms with E-state index in [2.05, 4.69) is 231 Å². The molecule has 11 aromatic rings. The molecular formula is C61H43NO. The van der Waals surface area contributed by atoms with Gasteiger partial charge in [-0.2, -0.15) is 0 Å². The van der Waals surface area contributed by atoms with Crippen LogP contribution in [0.15, 0.2) is 229 Å². The van der Waals surface area contributed by atoms with Crippen molar-refractivity contribution in [1.82, 2.24) is 0 Å². The van der Waals surface area contributed by atoms with Crippen molar-refractivity contribution in [1.29, 1.82) is 0 Å². The summed E-state index contributed by atoms with van der Waals surface area (Å²) in [6, 6.07) is 81.6. The first kappa shape index (κ1) is 36.9. The second-order valence-electron chi connectivity index (χ2n) is 17.2. The van der Waals surface area contributed by atoms with Gasteiger partial charge in [0, 0.05) is 33.1 Å². The lowest BCUT2D eigenvalue weighted by Gasteiger charge is -2.29. The minimum Gasteiger partial charge on any atom is -0.456 e. The molecule has 0 saturated carbocycles. The molecule has 0 aliphatic heterocycles. The van der Waals surface area contributed by atoms with E-state index in [-0.39, 0.29) is 5.41 Å². The maximum atomic E-state index is 6.30. The Morgan fingerprint density at radius 2 is 0.857 bits per heavy atom. The highest BCUT2D eigenvalue weighted by Crippen LogP contribution is 2.52. The molecule has 1 aliphatic carbocycles. The zero-order valence-corrected chi connectivity index (χ0v) is 35.2. The fraction of sp³-hybridized carbons (Fsp3) is 0.0492. The van der Waals surface area contributed by atoms with Crippen molar-refractivity contribution < 1.29 is 4.42 Å². The van der Waals surface area contributed by atoms with E-state index in [1.165, 1.54) is 60.8 Å². The molecule has 12 rings (SSSR count). The summed E-state index contributed by atoms with van der Waals surface area (Å²) in [6.07, 6.45) is 0. The van der Waals surface area contributed by atoms with Gasteiger partial charge in [0.2, 0.25) is 0 Å². The monoisotopic (exact) mass is 805 g/mol.